The predicted molar refractivity (Wildman–Crippen MR) is 62.0 cm³/mol. The molecule has 19 heavy (non-hydrogen) atoms. The van der Waals surface area contributed by atoms with Crippen molar-refractivity contribution in [3.8, 4) is 5.88 Å². The van der Waals surface area contributed by atoms with Gasteiger partial charge in [0.1, 0.15) is 6.54 Å². The number of rotatable bonds is 3. The van der Waals surface area contributed by atoms with Crippen molar-refractivity contribution in [2.75, 3.05) is 7.11 Å². The van der Waals surface area contributed by atoms with Crippen molar-refractivity contribution in [2.24, 2.45) is 0 Å². The summed E-state index contributed by atoms with van der Waals surface area (Å²) in [5.41, 5.74) is -0.636. The number of alkyl halides is 3. The first-order chi connectivity index (χ1) is 8.82. The van der Waals surface area contributed by atoms with Gasteiger partial charge < -0.3 is 4.74 Å². The summed E-state index contributed by atoms with van der Waals surface area (Å²) in [7, 11) is 1.38. The number of hydrogen-bond acceptors (Lipinski definition) is 3. The smallest absolute Gasteiger partial charge is 0.416 e. The summed E-state index contributed by atoms with van der Waals surface area (Å²) in [6.07, 6.45) is -4.42. The maximum Gasteiger partial charge on any atom is 0.416 e. The van der Waals surface area contributed by atoms with E-state index in [-0.39, 0.29) is 23.7 Å². The minimum atomic E-state index is -4.42. The average molecular weight is 272 g/mol. The SMILES string of the molecule is COc1c2ccc(C(F)(F)F)cc2nn1CC(C)=O. The fourth-order valence-electron chi connectivity index (χ4n) is 1.82. The van der Waals surface area contributed by atoms with Gasteiger partial charge in [0.2, 0.25) is 5.88 Å². The summed E-state index contributed by atoms with van der Waals surface area (Å²) in [6.45, 7) is 1.33. The van der Waals surface area contributed by atoms with Crippen LogP contribution in [-0.4, -0.2) is 22.7 Å². The summed E-state index contributed by atoms with van der Waals surface area (Å²) in [5, 5.41) is 4.41. The molecule has 1 aromatic carbocycles. The highest BCUT2D eigenvalue weighted by Gasteiger charge is 2.31. The van der Waals surface area contributed by atoms with Gasteiger partial charge in [-0.3, -0.25) is 4.79 Å². The largest absolute Gasteiger partial charge is 0.481 e. The highest BCUT2D eigenvalue weighted by molar-refractivity contribution is 5.86. The van der Waals surface area contributed by atoms with Gasteiger partial charge >= 0.3 is 6.18 Å². The number of halogens is 3. The van der Waals surface area contributed by atoms with Crippen LogP contribution >= 0.6 is 0 Å². The highest BCUT2D eigenvalue weighted by atomic mass is 19.4. The first kappa shape index (κ1) is 13.4. The Morgan fingerprint density at radius 1 is 1.42 bits per heavy atom. The molecule has 0 aliphatic heterocycles. The van der Waals surface area contributed by atoms with Crippen LogP contribution in [0.5, 0.6) is 5.88 Å². The quantitative estimate of drug-likeness (QED) is 0.862. The molecule has 0 saturated carbocycles. The van der Waals surface area contributed by atoms with Gasteiger partial charge in [0, 0.05) is 0 Å². The predicted octanol–water partition coefficient (Wildman–Crippen LogP) is 2.65. The molecule has 7 heteroatoms. The maximum atomic E-state index is 12.6. The van der Waals surface area contributed by atoms with Crippen molar-refractivity contribution in [2.45, 2.75) is 19.6 Å². The molecule has 0 spiro atoms. The van der Waals surface area contributed by atoms with Gasteiger partial charge in [-0.2, -0.15) is 18.3 Å². The number of benzene rings is 1. The molecule has 0 unspecified atom stereocenters. The Kier molecular flexibility index (Phi) is 3.21. The van der Waals surface area contributed by atoms with E-state index in [1.54, 1.807) is 0 Å². The third-order valence-corrected chi connectivity index (χ3v) is 2.58. The second-order valence-electron chi connectivity index (χ2n) is 4.10. The lowest BCUT2D eigenvalue weighted by atomic mass is 10.1. The molecule has 0 radical (unpaired) electrons. The van der Waals surface area contributed by atoms with Gasteiger partial charge in [-0.25, -0.2) is 4.68 Å². The van der Waals surface area contributed by atoms with Crippen LogP contribution in [0, 0.1) is 0 Å². The van der Waals surface area contributed by atoms with E-state index in [1.807, 2.05) is 0 Å². The molecular formula is C12H11F3N2O2. The van der Waals surface area contributed by atoms with E-state index in [0.717, 1.165) is 12.1 Å². The molecule has 102 valence electrons. The van der Waals surface area contributed by atoms with Crippen LogP contribution in [-0.2, 0) is 17.5 Å². The molecule has 4 nitrogen and oxygen atoms in total. The summed E-state index contributed by atoms with van der Waals surface area (Å²) < 4.78 is 44.1. The third-order valence-electron chi connectivity index (χ3n) is 2.58. The Balaban J connectivity index is 2.59. The second kappa shape index (κ2) is 4.56. The zero-order valence-electron chi connectivity index (χ0n) is 10.3. The molecule has 1 aromatic heterocycles. The number of fused-ring (bicyclic) bond motifs is 1. The Morgan fingerprint density at radius 3 is 2.63 bits per heavy atom. The molecule has 0 fully saturated rings. The molecule has 0 atom stereocenters. The fraction of sp³-hybridized carbons (Fsp3) is 0.333. The average Bonchev–Trinajstić information content (AvgIpc) is 2.62. The van der Waals surface area contributed by atoms with Crippen molar-refractivity contribution in [1.29, 1.82) is 0 Å². The number of carbonyl (C=O) groups is 1. The number of carbonyl (C=O) groups excluding carboxylic acids is 1. The summed E-state index contributed by atoms with van der Waals surface area (Å²) >= 11 is 0. The van der Waals surface area contributed by atoms with Crippen molar-refractivity contribution < 1.29 is 22.7 Å². The summed E-state index contributed by atoms with van der Waals surface area (Å²) in [5.74, 6) is 0.112. The number of methoxy groups -OCH3 is 1. The van der Waals surface area contributed by atoms with E-state index >= 15 is 0 Å². The van der Waals surface area contributed by atoms with Gasteiger partial charge in [-0.05, 0) is 25.1 Å². The second-order valence-corrected chi connectivity index (χ2v) is 4.10. The number of ketones is 1. The molecular weight excluding hydrogens is 261 g/mol. The third kappa shape index (κ3) is 2.54. The molecule has 2 aromatic rings. The monoisotopic (exact) mass is 272 g/mol. The van der Waals surface area contributed by atoms with Crippen LogP contribution in [0.25, 0.3) is 10.9 Å². The van der Waals surface area contributed by atoms with E-state index in [9.17, 15) is 18.0 Å². The van der Waals surface area contributed by atoms with Crippen molar-refractivity contribution >= 4 is 16.7 Å². The number of aromatic nitrogens is 2. The van der Waals surface area contributed by atoms with E-state index in [2.05, 4.69) is 5.10 Å². The first-order valence-electron chi connectivity index (χ1n) is 5.44. The van der Waals surface area contributed by atoms with E-state index in [4.69, 9.17) is 4.74 Å². The first-order valence-corrected chi connectivity index (χ1v) is 5.44. The van der Waals surface area contributed by atoms with Crippen molar-refractivity contribution in [1.82, 2.24) is 9.78 Å². The molecule has 2 rings (SSSR count). The summed E-state index contributed by atoms with van der Waals surface area (Å²) in [4.78, 5) is 11.1. The number of hydrogen-bond donors (Lipinski definition) is 0. The molecule has 0 bridgehead atoms. The van der Waals surface area contributed by atoms with Gasteiger partial charge in [-0.15, -0.1) is 0 Å². The van der Waals surface area contributed by atoms with Crippen LogP contribution in [0.4, 0.5) is 13.2 Å². The van der Waals surface area contributed by atoms with Gasteiger partial charge in [0.25, 0.3) is 0 Å². The van der Waals surface area contributed by atoms with Crippen molar-refractivity contribution in [3.63, 3.8) is 0 Å². The molecule has 0 N–H and O–H groups in total. The molecule has 0 saturated heterocycles. The van der Waals surface area contributed by atoms with E-state index in [1.165, 1.54) is 24.8 Å². The zero-order chi connectivity index (χ0) is 14.2. The van der Waals surface area contributed by atoms with Crippen LogP contribution in [0.1, 0.15) is 12.5 Å². The number of Topliss-reactive ketones (excluding diaryl/α,β-unsaturated/α-hetero) is 1. The minimum absolute atomic E-state index is 0.0425. The topological polar surface area (TPSA) is 44.1 Å². The molecule has 0 amide bonds. The lowest BCUT2D eigenvalue weighted by Gasteiger charge is -2.05. The van der Waals surface area contributed by atoms with Gasteiger partial charge in [0.05, 0.1) is 23.6 Å². The highest BCUT2D eigenvalue weighted by Crippen LogP contribution is 2.33. The van der Waals surface area contributed by atoms with Crippen LogP contribution in [0.2, 0.25) is 0 Å². The van der Waals surface area contributed by atoms with Gasteiger partial charge in [-0.1, -0.05) is 0 Å². The maximum absolute atomic E-state index is 12.6. The lowest BCUT2D eigenvalue weighted by Crippen LogP contribution is -2.09. The van der Waals surface area contributed by atoms with E-state index < -0.39 is 11.7 Å². The molecule has 0 aliphatic rings. The Morgan fingerprint density at radius 2 is 2.11 bits per heavy atom. The lowest BCUT2D eigenvalue weighted by molar-refractivity contribution is -0.137. The molecule has 1 heterocycles. The fourth-order valence-corrected chi connectivity index (χ4v) is 1.82. The number of nitrogens with zero attached hydrogens (tertiary/aromatic N) is 2. The Bertz CT molecular complexity index is 632. The minimum Gasteiger partial charge on any atom is -0.481 e. The standard InChI is InChI=1S/C12H11F3N2O2/c1-7(18)6-17-11(19-2)9-4-3-8(12(13,14)15)5-10(9)16-17/h3-5H,6H2,1-2H3. The van der Waals surface area contributed by atoms with Crippen molar-refractivity contribution in [3.05, 3.63) is 23.8 Å². The number of ether oxygens (including phenoxy) is 1. The summed E-state index contributed by atoms with van der Waals surface area (Å²) in [6, 6.07) is 3.19. The van der Waals surface area contributed by atoms with Crippen LogP contribution in [0.15, 0.2) is 18.2 Å². The van der Waals surface area contributed by atoms with Gasteiger partial charge in [0.15, 0.2) is 5.78 Å². The normalized spacial score (nSPS) is 11.8. The van der Waals surface area contributed by atoms with Crippen LogP contribution in [0.3, 0.4) is 0 Å². The van der Waals surface area contributed by atoms with E-state index in [0.29, 0.717) is 5.39 Å². The zero-order valence-corrected chi connectivity index (χ0v) is 10.3. The molecule has 0 aliphatic carbocycles. The van der Waals surface area contributed by atoms with Crippen LogP contribution < -0.4 is 4.74 Å². The Hall–Kier alpha value is -2.05. The Labute approximate surface area is 106 Å².